The zero-order chi connectivity index (χ0) is 17.5. The van der Waals surface area contributed by atoms with Crippen molar-refractivity contribution in [2.75, 3.05) is 19.0 Å². The van der Waals surface area contributed by atoms with Crippen molar-refractivity contribution in [3.63, 3.8) is 0 Å². The van der Waals surface area contributed by atoms with Gasteiger partial charge >= 0.3 is 0 Å². The fourth-order valence-electron chi connectivity index (χ4n) is 2.04. The minimum Gasteiger partial charge on any atom is -0.497 e. The summed E-state index contributed by atoms with van der Waals surface area (Å²) in [6.07, 6.45) is 0.731. The second kappa shape index (κ2) is 8.15. The summed E-state index contributed by atoms with van der Waals surface area (Å²) >= 11 is 0. The third-order valence-electron chi connectivity index (χ3n) is 3.31. The largest absolute Gasteiger partial charge is 0.497 e. The van der Waals surface area contributed by atoms with Crippen molar-refractivity contribution in [2.45, 2.75) is 13.8 Å². The minimum atomic E-state index is -0.282. The van der Waals surface area contributed by atoms with Crippen LogP contribution >= 0.6 is 0 Å². The number of rotatable bonds is 7. The van der Waals surface area contributed by atoms with Gasteiger partial charge in [-0.2, -0.15) is 0 Å². The first kappa shape index (κ1) is 17.5. The maximum Gasteiger partial charge on any atom is 0.255 e. The third-order valence-corrected chi connectivity index (χ3v) is 3.31. The number of anilines is 1. The predicted octanol–water partition coefficient (Wildman–Crippen LogP) is 3.79. The van der Waals surface area contributed by atoms with E-state index in [2.05, 4.69) is 5.32 Å². The summed E-state index contributed by atoms with van der Waals surface area (Å²) in [5.74, 6) is 1.28. The quantitative estimate of drug-likeness (QED) is 0.786. The number of hydrogen-bond donors (Lipinski definition) is 1. The first-order chi connectivity index (χ1) is 11.5. The molecule has 2 rings (SSSR count). The van der Waals surface area contributed by atoms with Crippen LogP contribution in [-0.4, -0.2) is 25.9 Å². The molecule has 2 aromatic rings. The van der Waals surface area contributed by atoms with Crippen LogP contribution in [0.5, 0.6) is 11.5 Å². The highest BCUT2D eigenvalue weighted by atomic mass is 16.5. The van der Waals surface area contributed by atoms with Gasteiger partial charge in [-0.1, -0.05) is 13.8 Å². The summed E-state index contributed by atoms with van der Waals surface area (Å²) in [6, 6.07) is 11.7. The van der Waals surface area contributed by atoms with Crippen molar-refractivity contribution in [3.8, 4) is 11.5 Å². The number of carbonyl (C=O) groups excluding carboxylic acids is 2. The molecule has 2 aromatic carbocycles. The number of amides is 1. The van der Waals surface area contributed by atoms with Gasteiger partial charge in [-0.15, -0.1) is 0 Å². The van der Waals surface area contributed by atoms with Crippen LogP contribution < -0.4 is 14.8 Å². The van der Waals surface area contributed by atoms with Gasteiger partial charge in [0, 0.05) is 11.1 Å². The topological polar surface area (TPSA) is 64.6 Å². The Kier molecular flexibility index (Phi) is 5.95. The molecule has 5 heteroatoms. The molecule has 0 fully saturated rings. The van der Waals surface area contributed by atoms with Crippen molar-refractivity contribution in [1.82, 2.24) is 0 Å². The highest BCUT2D eigenvalue weighted by molar-refractivity contribution is 6.05. The fourth-order valence-corrected chi connectivity index (χ4v) is 2.04. The van der Waals surface area contributed by atoms with Crippen molar-refractivity contribution in [1.29, 1.82) is 0 Å². The maximum absolute atomic E-state index is 12.4. The lowest BCUT2D eigenvalue weighted by atomic mass is 10.1. The molecule has 1 amide bonds. The van der Waals surface area contributed by atoms with Gasteiger partial charge < -0.3 is 14.8 Å². The van der Waals surface area contributed by atoms with Crippen LogP contribution in [0.1, 0.15) is 34.6 Å². The number of methoxy groups -OCH3 is 1. The summed E-state index contributed by atoms with van der Waals surface area (Å²) in [5.41, 5.74) is 1.43. The highest BCUT2D eigenvalue weighted by Gasteiger charge is 2.12. The molecule has 24 heavy (non-hydrogen) atoms. The molecule has 0 aliphatic rings. The first-order valence-electron chi connectivity index (χ1n) is 7.71. The van der Waals surface area contributed by atoms with E-state index in [1.54, 1.807) is 49.6 Å². The van der Waals surface area contributed by atoms with E-state index < -0.39 is 0 Å². The third kappa shape index (κ3) is 4.59. The van der Waals surface area contributed by atoms with Crippen LogP contribution in [-0.2, 0) is 0 Å². The van der Waals surface area contributed by atoms with Gasteiger partial charge in [-0.05, 0) is 48.4 Å². The Morgan fingerprint density at radius 3 is 2.46 bits per heavy atom. The summed E-state index contributed by atoms with van der Waals surface area (Å²) in [6.45, 7) is 4.59. The van der Waals surface area contributed by atoms with E-state index in [0.29, 0.717) is 40.8 Å². The monoisotopic (exact) mass is 327 g/mol. The summed E-state index contributed by atoms with van der Waals surface area (Å²) in [7, 11) is 1.57. The SMILES string of the molecule is COc1ccc(C(=O)Nc2cc(C=O)ccc2OCC(C)C)cc1. The molecule has 0 aliphatic carbocycles. The number of nitrogens with one attached hydrogen (secondary N) is 1. The normalized spacial score (nSPS) is 10.3. The van der Waals surface area contributed by atoms with E-state index in [-0.39, 0.29) is 5.91 Å². The summed E-state index contributed by atoms with van der Waals surface area (Å²) in [4.78, 5) is 23.4. The Morgan fingerprint density at radius 1 is 1.17 bits per heavy atom. The lowest BCUT2D eigenvalue weighted by Crippen LogP contribution is -2.14. The molecule has 126 valence electrons. The average Bonchev–Trinajstić information content (AvgIpc) is 2.60. The van der Waals surface area contributed by atoms with Crippen molar-refractivity contribution < 1.29 is 19.1 Å². The summed E-state index contributed by atoms with van der Waals surface area (Å²) < 4.78 is 10.8. The predicted molar refractivity (Wildman–Crippen MR) is 93.1 cm³/mol. The van der Waals surface area contributed by atoms with Crippen molar-refractivity contribution in [3.05, 3.63) is 53.6 Å². The van der Waals surface area contributed by atoms with E-state index in [1.807, 2.05) is 13.8 Å². The Hall–Kier alpha value is -2.82. The molecule has 0 aliphatic heterocycles. The molecule has 0 radical (unpaired) electrons. The molecule has 0 saturated carbocycles. The van der Waals surface area contributed by atoms with Crippen LogP contribution in [0.4, 0.5) is 5.69 Å². The molecule has 5 nitrogen and oxygen atoms in total. The first-order valence-corrected chi connectivity index (χ1v) is 7.71. The zero-order valence-electron chi connectivity index (χ0n) is 14.0. The molecule has 0 atom stereocenters. The van der Waals surface area contributed by atoms with Crippen LogP contribution in [0.15, 0.2) is 42.5 Å². The molecule has 0 unspecified atom stereocenters. The van der Waals surface area contributed by atoms with Crippen LogP contribution in [0.3, 0.4) is 0 Å². The smallest absolute Gasteiger partial charge is 0.255 e. The Morgan fingerprint density at radius 2 is 1.88 bits per heavy atom. The molecule has 0 spiro atoms. The van der Waals surface area contributed by atoms with Crippen LogP contribution in [0, 0.1) is 5.92 Å². The minimum absolute atomic E-state index is 0.282. The van der Waals surface area contributed by atoms with Crippen LogP contribution in [0.2, 0.25) is 0 Å². The number of carbonyl (C=O) groups is 2. The number of benzene rings is 2. The van der Waals surface area contributed by atoms with Gasteiger partial charge in [0.05, 0.1) is 19.4 Å². The maximum atomic E-state index is 12.4. The molecular weight excluding hydrogens is 306 g/mol. The van der Waals surface area contributed by atoms with E-state index in [4.69, 9.17) is 9.47 Å². The van der Waals surface area contributed by atoms with Gasteiger partial charge in [0.2, 0.25) is 0 Å². The van der Waals surface area contributed by atoms with Crippen LogP contribution in [0.25, 0.3) is 0 Å². The van der Waals surface area contributed by atoms with Crippen molar-refractivity contribution >= 4 is 17.9 Å². The average molecular weight is 327 g/mol. The van der Waals surface area contributed by atoms with E-state index in [9.17, 15) is 9.59 Å². The lowest BCUT2D eigenvalue weighted by molar-refractivity contribution is 0.102. The van der Waals surface area contributed by atoms with Gasteiger partial charge in [0.1, 0.15) is 17.8 Å². The van der Waals surface area contributed by atoms with Gasteiger partial charge in [0.25, 0.3) is 5.91 Å². The summed E-state index contributed by atoms with van der Waals surface area (Å²) in [5, 5.41) is 2.80. The van der Waals surface area contributed by atoms with E-state index in [1.165, 1.54) is 0 Å². The van der Waals surface area contributed by atoms with E-state index >= 15 is 0 Å². The zero-order valence-corrected chi connectivity index (χ0v) is 14.0. The van der Waals surface area contributed by atoms with E-state index in [0.717, 1.165) is 6.29 Å². The Bertz CT molecular complexity index is 708. The molecule has 0 saturated heterocycles. The Labute approximate surface area is 141 Å². The van der Waals surface area contributed by atoms with Gasteiger partial charge in [-0.3, -0.25) is 9.59 Å². The molecule has 0 aromatic heterocycles. The number of ether oxygens (including phenoxy) is 2. The Balaban J connectivity index is 2.21. The van der Waals surface area contributed by atoms with Crippen molar-refractivity contribution in [2.24, 2.45) is 5.92 Å². The highest BCUT2D eigenvalue weighted by Crippen LogP contribution is 2.27. The van der Waals surface area contributed by atoms with Gasteiger partial charge in [-0.25, -0.2) is 0 Å². The number of hydrogen-bond acceptors (Lipinski definition) is 4. The second-order valence-electron chi connectivity index (χ2n) is 5.76. The second-order valence-corrected chi connectivity index (χ2v) is 5.76. The molecule has 0 heterocycles. The lowest BCUT2D eigenvalue weighted by Gasteiger charge is -2.14. The molecule has 1 N–H and O–H groups in total. The fraction of sp³-hybridized carbons (Fsp3) is 0.263. The molecular formula is C19H21NO4. The number of aldehydes is 1. The molecule has 0 bridgehead atoms. The standard InChI is InChI=1S/C19H21NO4/c1-13(2)12-24-18-9-4-14(11-21)10-17(18)20-19(22)15-5-7-16(23-3)8-6-15/h4-11,13H,12H2,1-3H3,(H,20,22). The van der Waals surface area contributed by atoms with Gasteiger partial charge in [0.15, 0.2) is 0 Å².